The van der Waals surface area contributed by atoms with Crippen LogP contribution >= 0.6 is 0 Å². The number of aryl methyl sites for hydroxylation is 2. The number of amides is 2. The van der Waals surface area contributed by atoms with Crippen molar-refractivity contribution in [1.29, 1.82) is 0 Å². The largest absolute Gasteiger partial charge is 0.379 e. The average Bonchev–Trinajstić information content (AvgIpc) is 3.18. The summed E-state index contributed by atoms with van der Waals surface area (Å²) >= 11 is 0. The fourth-order valence-electron chi connectivity index (χ4n) is 4.37. The third-order valence-electron chi connectivity index (χ3n) is 6.68. The van der Waals surface area contributed by atoms with Gasteiger partial charge in [0.1, 0.15) is 0 Å². The Morgan fingerprint density at radius 2 is 1.20 bits per heavy atom. The molecule has 0 saturated heterocycles. The monoisotopic (exact) mass is 584 g/mol. The van der Waals surface area contributed by atoms with E-state index < -0.39 is 44.4 Å². The van der Waals surface area contributed by atoms with Crippen LogP contribution in [0.5, 0.6) is 0 Å². The van der Waals surface area contributed by atoms with E-state index in [-0.39, 0.29) is 27.5 Å². The first kappa shape index (κ1) is 29.6. The van der Waals surface area contributed by atoms with Crippen LogP contribution in [0.15, 0.2) is 82.6 Å². The van der Waals surface area contributed by atoms with Crippen LogP contribution in [0.1, 0.15) is 51.6 Å². The van der Waals surface area contributed by atoms with Crippen molar-refractivity contribution in [3.63, 3.8) is 0 Å². The van der Waals surface area contributed by atoms with Gasteiger partial charge in [-0.1, -0.05) is 64.6 Å². The molecule has 212 valence electrons. The average molecular weight is 585 g/mol. The van der Waals surface area contributed by atoms with Crippen molar-refractivity contribution >= 4 is 31.9 Å². The lowest BCUT2D eigenvalue weighted by molar-refractivity contribution is 0.0378. The number of hydrogen-bond acceptors (Lipinski definition) is 7. The van der Waals surface area contributed by atoms with E-state index in [4.69, 9.17) is 4.74 Å². The number of imide groups is 1. The number of nitrogens with zero attached hydrogens (tertiary/aromatic N) is 2. The molecule has 0 spiro atoms. The van der Waals surface area contributed by atoms with Crippen molar-refractivity contribution in [2.75, 3.05) is 19.8 Å². The van der Waals surface area contributed by atoms with Crippen LogP contribution < -0.4 is 0 Å². The normalized spacial score (nSPS) is 14.6. The molecule has 9 nitrogen and oxygen atoms in total. The molecule has 4 rings (SSSR count). The Bertz CT molecular complexity index is 1490. The lowest BCUT2D eigenvalue weighted by atomic mass is 10.1. The molecule has 3 aromatic carbocycles. The number of carbonyl (C=O) groups excluding carboxylic acids is 2. The number of rotatable bonds is 12. The summed E-state index contributed by atoms with van der Waals surface area (Å²) < 4.78 is 62.0. The van der Waals surface area contributed by atoms with Crippen LogP contribution in [0.3, 0.4) is 0 Å². The molecule has 40 heavy (non-hydrogen) atoms. The van der Waals surface area contributed by atoms with E-state index in [1.807, 2.05) is 6.92 Å². The highest BCUT2D eigenvalue weighted by atomic mass is 32.3. The minimum atomic E-state index is -4.66. The van der Waals surface area contributed by atoms with Crippen molar-refractivity contribution in [3.8, 4) is 0 Å². The Labute approximate surface area is 235 Å². The zero-order chi connectivity index (χ0) is 29.1. The Morgan fingerprint density at radius 1 is 0.750 bits per heavy atom. The molecule has 0 aromatic heterocycles. The molecule has 1 atom stereocenters. The number of sulfonamides is 2. The van der Waals surface area contributed by atoms with Gasteiger partial charge in [0, 0.05) is 6.61 Å². The maximum absolute atomic E-state index is 14.0. The molecule has 0 bridgehead atoms. The van der Waals surface area contributed by atoms with Crippen molar-refractivity contribution < 1.29 is 31.2 Å². The summed E-state index contributed by atoms with van der Waals surface area (Å²) in [6.45, 7) is 4.87. The van der Waals surface area contributed by atoms with Crippen LogP contribution in [-0.2, 0) is 24.8 Å². The van der Waals surface area contributed by atoms with Crippen LogP contribution in [0.4, 0.5) is 0 Å². The minimum absolute atomic E-state index is 0.167. The second-order valence-electron chi connectivity index (χ2n) is 9.70. The summed E-state index contributed by atoms with van der Waals surface area (Å²) in [5, 5.41) is 0. The maximum Gasteiger partial charge on any atom is 0.261 e. The highest BCUT2D eigenvalue weighted by Gasteiger charge is 2.45. The first-order valence-corrected chi connectivity index (χ1v) is 15.8. The van der Waals surface area contributed by atoms with Gasteiger partial charge in [0.15, 0.2) is 0 Å². The summed E-state index contributed by atoms with van der Waals surface area (Å²) in [6, 6.07) is 16.6. The highest BCUT2D eigenvalue weighted by Crippen LogP contribution is 2.29. The van der Waals surface area contributed by atoms with Gasteiger partial charge in [0.05, 0.1) is 40.1 Å². The van der Waals surface area contributed by atoms with Gasteiger partial charge in [-0.05, 0) is 56.7 Å². The third kappa shape index (κ3) is 5.87. The van der Waals surface area contributed by atoms with E-state index in [1.54, 1.807) is 50.2 Å². The van der Waals surface area contributed by atoms with E-state index in [2.05, 4.69) is 0 Å². The zero-order valence-corrected chi connectivity index (χ0v) is 24.2. The molecule has 11 heteroatoms. The first-order chi connectivity index (χ1) is 19.0. The van der Waals surface area contributed by atoms with Crippen LogP contribution in [0.25, 0.3) is 0 Å². The van der Waals surface area contributed by atoms with Gasteiger partial charge in [-0.15, -0.1) is 0 Å². The van der Waals surface area contributed by atoms with Gasteiger partial charge in [0.2, 0.25) is 0 Å². The molecule has 1 unspecified atom stereocenters. The third-order valence-corrected chi connectivity index (χ3v) is 11.0. The smallest absolute Gasteiger partial charge is 0.261 e. The number of ether oxygens (including phenoxy) is 1. The number of carbonyl (C=O) groups is 2. The summed E-state index contributed by atoms with van der Waals surface area (Å²) in [4.78, 5) is 27.2. The van der Waals surface area contributed by atoms with Gasteiger partial charge in [-0.25, -0.2) is 16.8 Å². The molecular formula is C29H32N2O7S2. The quantitative estimate of drug-likeness (QED) is 0.232. The Morgan fingerprint density at radius 3 is 1.62 bits per heavy atom. The summed E-state index contributed by atoms with van der Waals surface area (Å²) in [6.07, 6.45) is 1.52. The van der Waals surface area contributed by atoms with Gasteiger partial charge >= 0.3 is 0 Å². The molecule has 1 aliphatic heterocycles. The molecule has 0 N–H and O–H groups in total. The summed E-state index contributed by atoms with van der Waals surface area (Å²) in [7, 11) is -9.31. The number of benzene rings is 3. The van der Waals surface area contributed by atoms with Crippen molar-refractivity contribution in [1.82, 2.24) is 8.61 Å². The predicted molar refractivity (Wildman–Crippen MR) is 150 cm³/mol. The minimum Gasteiger partial charge on any atom is -0.379 e. The van der Waals surface area contributed by atoms with Gasteiger partial charge in [0.25, 0.3) is 31.9 Å². The molecule has 3 aromatic rings. The number of hydrogen-bond donors (Lipinski definition) is 0. The standard InChI is InChI=1S/C29H32N2O7S2/c1-4-5-18-38-20-23(31-28(32)26-8-6-7-9-27(26)29(31)33)19-30(39(34,35)24-14-10-21(2)11-15-24)40(36,37)25-16-12-22(3)13-17-25/h6-17,23H,4-5,18-20H2,1-3H3. The fourth-order valence-corrected chi connectivity index (χ4v) is 8.08. The van der Waals surface area contributed by atoms with Crippen molar-refractivity contribution in [2.24, 2.45) is 0 Å². The van der Waals surface area contributed by atoms with E-state index in [0.29, 0.717) is 16.7 Å². The molecule has 2 amide bonds. The predicted octanol–water partition coefficient (Wildman–Crippen LogP) is 4.16. The van der Waals surface area contributed by atoms with E-state index in [1.165, 1.54) is 36.4 Å². The van der Waals surface area contributed by atoms with Gasteiger partial charge in [-0.3, -0.25) is 14.5 Å². The van der Waals surface area contributed by atoms with E-state index in [0.717, 1.165) is 22.4 Å². The van der Waals surface area contributed by atoms with Crippen LogP contribution in [-0.4, -0.2) is 63.1 Å². The Balaban J connectivity index is 1.81. The van der Waals surface area contributed by atoms with Crippen molar-refractivity contribution in [2.45, 2.75) is 49.4 Å². The number of unbranched alkanes of at least 4 members (excludes halogenated alkanes) is 1. The molecule has 1 heterocycles. The molecule has 1 aliphatic rings. The number of fused-ring (bicyclic) bond motifs is 1. The van der Waals surface area contributed by atoms with Crippen LogP contribution in [0.2, 0.25) is 0 Å². The molecule has 0 radical (unpaired) electrons. The maximum atomic E-state index is 14.0. The second-order valence-corrected chi connectivity index (χ2v) is 13.7. The lowest BCUT2D eigenvalue weighted by Gasteiger charge is -2.31. The summed E-state index contributed by atoms with van der Waals surface area (Å²) in [5.74, 6) is -1.27. The van der Waals surface area contributed by atoms with Crippen LogP contribution in [0, 0.1) is 13.8 Å². The van der Waals surface area contributed by atoms with Crippen molar-refractivity contribution in [3.05, 3.63) is 95.1 Å². The molecule has 0 saturated carbocycles. The molecule has 0 aliphatic carbocycles. The Hall–Kier alpha value is -3.38. The molecule has 0 fully saturated rings. The summed E-state index contributed by atoms with van der Waals surface area (Å²) in [5.41, 5.74) is 1.92. The SMILES string of the molecule is CCCCOCC(CN(S(=O)(=O)c1ccc(C)cc1)S(=O)(=O)c1ccc(C)cc1)N1C(=O)c2ccccc2C1=O. The Kier molecular flexibility index (Phi) is 8.89. The topological polar surface area (TPSA) is 118 Å². The highest BCUT2D eigenvalue weighted by molar-refractivity contribution is 8.04. The molecular weight excluding hydrogens is 552 g/mol. The van der Waals surface area contributed by atoms with E-state index >= 15 is 0 Å². The van der Waals surface area contributed by atoms with Gasteiger partial charge in [-0.2, -0.15) is 0 Å². The lowest BCUT2D eigenvalue weighted by Crippen LogP contribution is -2.52. The second kappa shape index (κ2) is 12.0. The van der Waals surface area contributed by atoms with E-state index in [9.17, 15) is 26.4 Å². The fraction of sp³-hybridized carbons (Fsp3) is 0.310. The van der Waals surface area contributed by atoms with Gasteiger partial charge < -0.3 is 4.74 Å². The first-order valence-electron chi connectivity index (χ1n) is 12.9. The zero-order valence-electron chi connectivity index (χ0n) is 22.6.